The van der Waals surface area contributed by atoms with Crippen LogP contribution in [0.4, 0.5) is 0 Å². The van der Waals surface area contributed by atoms with Crippen LogP contribution in [0, 0.1) is 0 Å². The van der Waals surface area contributed by atoms with E-state index in [9.17, 15) is 4.79 Å². The molecule has 0 aliphatic carbocycles. The van der Waals surface area contributed by atoms with E-state index < -0.39 is 0 Å². The van der Waals surface area contributed by atoms with Gasteiger partial charge in [-0.15, -0.1) is 23.1 Å². The van der Waals surface area contributed by atoms with Crippen LogP contribution in [-0.4, -0.2) is 23.1 Å². The second-order valence-electron chi connectivity index (χ2n) is 4.45. The van der Waals surface area contributed by atoms with Crippen LogP contribution < -0.4 is 0 Å². The van der Waals surface area contributed by atoms with E-state index in [2.05, 4.69) is 0 Å². The molecule has 0 fully saturated rings. The molecule has 3 rings (SSSR count). The van der Waals surface area contributed by atoms with E-state index in [-0.39, 0.29) is 5.91 Å². The monoisotopic (exact) mass is 343 g/mol. The molecule has 1 aromatic heterocycles. The Hall–Kier alpha value is -0.680. The smallest absolute Gasteiger partial charge is 0.256 e. The summed E-state index contributed by atoms with van der Waals surface area (Å²) >= 11 is 15.3. The molecule has 2 nitrogen and oxygen atoms in total. The summed E-state index contributed by atoms with van der Waals surface area (Å²) in [5.41, 5.74) is 1.81. The fourth-order valence-corrected chi connectivity index (χ4v) is 4.52. The Labute approximate surface area is 135 Å². The molecule has 0 atom stereocenters. The average molecular weight is 344 g/mol. The maximum atomic E-state index is 12.5. The van der Waals surface area contributed by atoms with E-state index in [1.165, 1.54) is 0 Å². The Morgan fingerprint density at radius 3 is 2.85 bits per heavy atom. The summed E-state index contributed by atoms with van der Waals surface area (Å²) in [5.74, 6) is 1.01. The lowest BCUT2D eigenvalue weighted by molar-refractivity contribution is 0.0754. The molecular formula is C14H11Cl2NOS2. The van der Waals surface area contributed by atoms with Crippen LogP contribution in [0.5, 0.6) is 0 Å². The van der Waals surface area contributed by atoms with Gasteiger partial charge in [-0.1, -0.05) is 29.3 Å². The third kappa shape index (κ3) is 2.84. The molecule has 1 amide bonds. The molecular weight excluding hydrogens is 333 g/mol. The molecule has 1 aliphatic rings. The van der Waals surface area contributed by atoms with Crippen molar-refractivity contribution in [2.24, 2.45) is 0 Å². The number of rotatable bonds is 2. The summed E-state index contributed by atoms with van der Waals surface area (Å²) in [6.45, 7) is 1.30. The van der Waals surface area contributed by atoms with Crippen molar-refractivity contribution < 1.29 is 4.79 Å². The van der Waals surface area contributed by atoms with Crippen molar-refractivity contribution in [1.82, 2.24) is 4.90 Å². The average Bonchev–Trinajstić information content (AvgIpc) is 2.84. The summed E-state index contributed by atoms with van der Waals surface area (Å²) in [6, 6.07) is 7.41. The van der Waals surface area contributed by atoms with Crippen molar-refractivity contribution in [2.75, 3.05) is 12.3 Å². The zero-order valence-corrected chi connectivity index (χ0v) is 13.6. The van der Waals surface area contributed by atoms with Crippen LogP contribution in [-0.2, 0) is 6.54 Å². The van der Waals surface area contributed by atoms with Crippen LogP contribution >= 0.6 is 46.3 Å². The van der Waals surface area contributed by atoms with Gasteiger partial charge in [-0.3, -0.25) is 4.79 Å². The van der Waals surface area contributed by atoms with Crippen molar-refractivity contribution >= 4 is 52.2 Å². The van der Waals surface area contributed by atoms with Gasteiger partial charge in [0.15, 0.2) is 0 Å². The number of hydrogen-bond donors (Lipinski definition) is 0. The van der Waals surface area contributed by atoms with Gasteiger partial charge in [-0.05, 0) is 29.1 Å². The van der Waals surface area contributed by atoms with Gasteiger partial charge in [0, 0.05) is 18.8 Å². The van der Waals surface area contributed by atoms with Gasteiger partial charge in [0.25, 0.3) is 5.91 Å². The summed E-state index contributed by atoms with van der Waals surface area (Å²) in [7, 11) is 0. The van der Waals surface area contributed by atoms with Crippen molar-refractivity contribution in [3.8, 4) is 0 Å². The minimum Gasteiger partial charge on any atom is -0.333 e. The van der Waals surface area contributed by atoms with Gasteiger partial charge >= 0.3 is 0 Å². The molecule has 0 bridgehead atoms. The first-order valence-electron chi connectivity index (χ1n) is 6.08. The molecule has 0 spiro atoms. The number of carbonyl (C=O) groups excluding carboxylic acids is 1. The summed E-state index contributed by atoms with van der Waals surface area (Å²) in [4.78, 5) is 14.4. The fraction of sp³-hybridized carbons (Fsp3) is 0.214. The lowest BCUT2D eigenvalue weighted by Crippen LogP contribution is -2.31. The molecule has 104 valence electrons. The largest absolute Gasteiger partial charge is 0.333 e. The van der Waals surface area contributed by atoms with Gasteiger partial charge < -0.3 is 4.90 Å². The molecule has 0 N–H and O–H groups in total. The predicted octanol–water partition coefficient (Wildman–Crippen LogP) is 4.80. The highest BCUT2D eigenvalue weighted by atomic mass is 35.5. The molecule has 0 saturated heterocycles. The summed E-state index contributed by atoms with van der Waals surface area (Å²) < 4.78 is 1.12. The third-order valence-electron chi connectivity index (χ3n) is 3.10. The molecule has 20 heavy (non-hydrogen) atoms. The molecule has 0 unspecified atom stereocenters. The van der Waals surface area contributed by atoms with E-state index in [0.29, 0.717) is 16.6 Å². The third-order valence-corrected chi connectivity index (χ3v) is 6.06. The molecule has 1 aromatic carbocycles. The van der Waals surface area contributed by atoms with Gasteiger partial charge in [0.2, 0.25) is 0 Å². The predicted molar refractivity (Wildman–Crippen MR) is 86.2 cm³/mol. The Balaban J connectivity index is 1.83. The number of benzene rings is 1. The number of carbonyl (C=O) groups is 1. The standard InChI is InChI=1S/C14H11Cl2NOS2/c15-11-2-1-9(7-12(11)16)8-17-4-6-20-14-10(13(17)18)3-5-19-14/h1-3,5,7H,4,6,8H2. The zero-order chi connectivity index (χ0) is 14.1. The first kappa shape index (κ1) is 14.3. The highest BCUT2D eigenvalue weighted by Gasteiger charge is 2.23. The normalized spacial score (nSPS) is 15.1. The molecule has 6 heteroatoms. The second-order valence-corrected chi connectivity index (χ2v) is 7.54. The van der Waals surface area contributed by atoms with E-state index >= 15 is 0 Å². The van der Waals surface area contributed by atoms with Gasteiger partial charge in [0.05, 0.1) is 19.8 Å². The maximum absolute atomic E-state index is 12.5. The van der Waals surface area contributed by atoms with Crippen molar-refractivity contribution in [2.45, 2.75) is 10.8 Å². The van der Waals surface area contributed by atoms with Gasteiger partial charge in [-0.25, -0.2) is 0 Å². The maximum Gasteiger partial charge on any atom is 0.256 e. The molecule has 0 radical (unpaired) electrons. The minimum absolute atomic E-state index is 0.0947. The highest BCUT2D eigenvalue weighted by Crippen LogP contribution is 2.33. The lowest BCUT2D eigenvalue weighted by Gasteiger charge is -2.20. The van der Waals surface area contributed by atoms with Gasteiger partial charge in [-0.2, -0.15) is 0 Å². The SMILES string of the molecule is O=C1c2ccsc2SCCN1Cc1ccc(Cl)c(Cl)c1. The van der Waals surface area contributed by atoms with Crippen LogP contribution in [0.1, 0.15) is 15.9 Å². The Morgan fingerprint density at radius 1 is 1.20 bits per heavy atom. The van der Waals surface area contributed by atoms with Gasteiger partial charge in [0.1, 0.15) is 0 Å². The van der Waals surface area contributed by atoms with E-state index in [0.717, 1.165) is 27.6 Å². The van der Waals surface area contributed by atoms with Crippen LogP contribution in [0.25, 0.3) is 0 Å². The summed E-state index contributed by atoms with van der Waals surface area (Å²) in [5, 5.41) is 3.03. The molecule has 2 aromatic rings. The number of fused-ring (bicyclic) bond motifs is 1. The molecule has 0 saturated carbocycles. The first-order valence-corrected chi connectivity index (χ1v) is 8.71. The van der Waals surface area contributed by atoms with Crippen molar-refractivity contribution in [3.05, 3.63) is 50.8 Å². The van der Waals surface area contributed by atoms with Crippen LogP contribution in [0.15, 0.2) is 33.9 Å². The molecule has 1 aliphatic heterocycles. The Kier molecular flexibility index (Phi) is 4.26. The van der Waals surface area contributed by atoms with E-state index in [4.69, 9.17) is 23.2 Å². The Morgan fingerprint density at radius 2 is 2.05 bits per heavy atom. The number of thiophene rings is 1. The topological polar surface area (TPSA) is 20.3 Å². The Bertz CT molecular complexity index is 656. The highest BCUT2D eigenvalue weighted by molar-refractivity contribution is 8.01. The minimum atomic E-state index is 0.0947. The second kappa shape index (κ2) is 5.98. The molecule has 2 heterocycles. The number of amides is 1. The van der Waals surface area contributed by atoms with Crippen LogP contribution in [0.3, 0.4) is 0 Å². The zero-order valence-electron chi connectivity index (χ0n) is 10.4. The number of thioether (sulfide) groups is 1. The van der Waals surface area contributed by atoms with E-state index in [1.54, 1.807) is 29.2 Å². The quantitative estimate of drug-likeness (QED) is 0.780. The summed E-state index contributed by atoms with van der Waals surface area (Å²) in [6.07, 6.45) is 0. The number of halogens is 2. The van der Waals surface area contributed by atoms with Crippen molar-refractivity contribution in [3.63, 3.8) is 0 Å². The lowest BCUT2D eigenvalue weighted by atomic mass is 10.2. The van der Waals surface area contributed by atoms with Crippen molar-refractivity contribution in [1.29, 1.82) is 0 Å². The first-order chi connectivity index (χ1) is 9.65. The number of hydrogen-bond acceptors (Lipinski definition) is 3. The number of nitrogens with zero attached hydrogens (tertiary/aromatic N) is 1. The fourth-order valence-electron chi connectivity index (χ4n) is 2.10. The van der Waals surface area contributed by atoms with Crippen LogP contribution in [0.2, 0.25) is 10.0 Å². The van der Waals surface area contributed by atoms with E-state index in [1.807, 2.05) is 28.5 Å².